The van der Waals surface area contributed by atoms with Gasteiger partial charge in [0.05, 0.1) is 24.6 Å². The van der Waals surface area contributed by atoms with Crippen LogP contribution in [0.15, 0.2) is 59.3 Å². The molecule has 1 aliphatic heterocycles. The molecule has 3 aromatic rings. The van der Waals surface area contributed by atoms with E-state index in [-0.39, 0.29) is 30.8 Å². The average Bonchev–Trinajstić information content (AvgIpc) is 3.41. The summed E-state index contributed by atoms with van der Waals surface area (Å²) in [5.41, 5.74) is 8.27. The van der Waals surface area contributed by atoms with Gasteiger partial charge in [0.2, 0.25) is 0 Å². The third-order valence-electron chi connectivity index (χ3n) is 8.00. The molecule has 0 bridgehead atoms. The first kappa shape index (κ1) is 27.1. The van der Waals surface area contributed by atoms with Gasteiger partial charge in [-0.25, -0.2) is 0 Å². The maximum absolute atomic E-state index is 14.0. The molecule has 7 nitrogen and oxygen atoms in total. The van der Waals surface area contributed by atoms with E-state index in [9.17, 15) is 9.59 Å². The third-order valence-corrected chi connectivity index (χ3v) is 8.00. The maximum Gasteiger partial charge on any atom is 0.256 e. The van der Waals surface area contributed by atoms with E-state index in [0.29, 0.717) is 34.9 Å². The quantitative estimate of drug-likeness (QED) is 0.368. The standard InChI is InChI=1S/C32H39N3O4/c1-22(2)39-26-14-12-24(13-15-26)29-18-28-25(20-34-29)19-32(33,35(31(28)37)21-27-11-8-16-38-27)30(36)17-23-9-6-4-3-5-7-10-23/h8,11-16,18,20,22-23H,3-7,9-10,17,19,21,33H2,1-2H3. The smallest absolute Gasteiger partial charge is 0.256 e. The number of amides is 1. The SMILES string of the molecule is CC(C)Oc1ccc(-c2cc3c(cn2)CC(N)(C(=O)CC2CCCCCCC2)N(Cc2ccco2)C3=O)cc1. The molecule has 2 N–H and O–H groups in total. The summed E-state index contributed by atoms with van der Waals surface area (Å²) >= 11 is 0. The number of benzene rings is 1. The van der Waals surface area contributed by atoms with Crippen LogP contribution in [0.3, 0.4) is 0 Å². The molecule has 1 fully saturated rings. The van der Waals surface area contributed by atoms with Crippen molar-refractivity contribution >= 4 is 11.7 Å². The first-order chi connectivity index (χ1) is 18.8. The van der Waals surface area contributed by atoms with Crippen molar-refractivity contribution in [3.63, 3.8) is 0 Å². The van der Waals surface area contributed by atoms with Crippen LogP contribution in [0, 0.1) is 5.92 Å². The number of ketones is 1. The molecule has 1 amide bonds. The Bertz CT molecular complexity index is 1280. The Balaban J connectivity index is 1.44. The van der Waals surface area contributed by atoms with Crippen LogP contribution >= 0.6 is 0 Å². The van der Waals surface area contributed by atoms with E-state index in [1.165, 1.54) is 24.2 Å². The Morgan fingerprint density at radius 2 is 1.85 bits per heavy atom. The maximum atomic E-state index is 14.0. The average molecular weight is 530 g/mol. The molecular formula is C32H39N3O4. The second kappa shape index (κ2) is 11.7. The monoisotopic (exact) mass is 529 g/mol. The molecule has 1 saturated carbocycles. The predicted octanol–water partition coefficient (Wildman–Crippen LogP) is 6.30. The first-order valence-electron chi connectivity index (χ1n) is 14.3. The van der Waals surface area contributed by atoms with Gasteiger partial charge >= 0.3 is 0 Å². The fourth-order valence-electron chi connectivity index (χ4n) is 5.87. The van der Waals surface area contributed by atoms with E-state index in [0.717, 1.165) is 37.0 Å². The highest BCUT2D eigenvalue weighted by molar-refractivity contribution is 6.03. The predicted molar refractivity (Wildman–Crippen MR) is 150 cm³/mol. The third kappa shape index (κ3) is 6.09. The van der Waals surface area contributed by atoms with Crippen LogP contribution in [-0.4, -0.2) is 33.3 Å². The Morgan fingerprint density at radius 1 is 1.13 bits per heavy atom. The number of nitrogens with zero attached hydrogens (tertiary/aromatic N) is 2. The van der Waals surface area contributed by atoms with Gasteiger partial charge in [0.25, 0.3) is 5.91 Å². The lowest BCUT2D eigenvalue weighted by molar-refractivity contribution is -0.131. The van der Waals surface area contributed by atoms with Crippen molar-refractivity contribution in [2.24, 2.45) is 11.7 Å². The van der Waals surface area contributed by atoms with E-state index >= 15 is 0 Å². The number of Topliss-reactive ketones (excluding diaryl/α,β-unsaturated/α-hetero) is 1. The van der Waals surface area contributed by atoms with Crippen LogP contribution < -0.4 is 10.5 Å². The fraction of sp³-hybridized carbons (Fsp3) is 0.469. The minimum absolute atomic E-state index is 0.0801. The number of hydrogen-bond acceptors (Lipinski definition) is 6. The van der Waals surface area contributed by atoms with Crippen LogP contribution in [0.4, 0.5) is 0 Å². The van der Waals surface area contributed by atoms with Gasteiger partial charge in [-0.3, -0.25) is 14.6 Å². The van der Waals surface area contributed by atoms with Gasteiger partial charge in [-0.05, 0) is 67.8 Å². The van der Waals surface area contributed by atoms with Crippen LogP contribution in [-0.2, 0) is 17.8 Å². The van der Waals surface area contributed by atoms with Crippen molar-refractivity contribution in [1.29, 1.82) is 0 Å². The largest absolute Gasteiger partial charge is 0.491 e. The summed E-state index contributed by atoms with van der Waals surface area (Å²) in [7, 11) is 0. The van der Waals surface area contributed by atoms with E-state index in [1.54, 1.807) is 24.6 Å². The summed E-state index contributed by atoms with van der Waals surface area (Å²) in [6, 6.07) is 13.1. The number of ether oxygens (including phenoxy) is 1. The molecule has 3 heterocycles. The van der Waals surface area contributed by atoms with Crippen LogP contribution in [0.25, 0.3) is 11.3 Å². The van der Waals surface area contributed by atoms with Gasteiger partial charge in [-0.1, -0.05) is 44.9 Å². The van der Waals surface area contributed by atoms with Crippen molar-refractivity contribution in [3.8, 4) is 17.0 Å². The molecule has 0 spiro atoms. The number of pyridine rings is 1. The summed E-state index contributed by atoms with van der Waals surface area (Å²) in [6.07, 6.45) is 12.1. The summed E-state index contributed by atoms with van der Waals surface area (Å²) in [5.74, 6) is 1.33. The van der Waals surface area contributed by atoms with Crippen molar-refractivity contribution in [3.05, 3.63) is 71.8 Å². The second-order valence-electron chi connectivity index (χ2n) is 11.3. The van der Waals surface area contributed by atoms with Gasteiger partial charge in [0.1, 0.15) is 11.5 Å². The zero-order chi connectivity index (χ0) is 27.4. The molecule has 0 radical (unpaired) electrons. The van der Waals surface area contributed by atoms with Gasteiger partial charge in [-0.2, -0.15) is 0 Å². The summed E-state index contributed by atoms with van der Waals surface area (Å²) in [6.45, 7) is 4.11. The Hall–Kier alpha value is -3.45. The van der Waals surface area contributed by atoms with Crippen LogP contribution in [0.1, 0.15) is 86.9 Å². The number of nitrogens with two attached hydrogens (primary N) is 1. The molecule has 206 valence electrons. The number of carbonyl (C=O) groups excluding carboxylic acids is 2. The van der Waals surface area contributed by atoms with Crippen LogP contribution in [0.5, 0.6) is 5.75 Å². The minimum atomic E-state index is -1.45. The van der Waals surface area contributed by atoms with Crippen molar-refractivity contribution < 1.29 is 18.7 Å². The zero-order valence-corrected chi connectivity index (χ0v) is 23.0. The van der Waals surface area contributed by atoms with Gasteiger partial charge in [0.15, 0.2) is 11.4 Å². The fourth-order valence-corrected chi connectivity index (χ4v) is 5.87. The van der Waals surface area contributed by atoms with Crippen LogP contribution in [0.2, 0.25) is 0 Å². The lowest BCUT2D eigenvalue weighted by Crippen LogP contribution is -2.66. The van der Waals surface area contributed by atoms with E-state index in [1.807, 2.05) is 44.2 Å². The number of aromatic nitrogens is 1. The van der Waals surface area contributed by atoms with Gasteiger partial charge < -0.3 is 19.8 Å². The normalized spacial score (nSPS) is 20.4. The molecule has 39 heavy (non-hydrogen) atoms. The van der Waals surface area contributed by atoms with E-state index in [4.69, 9.17) is 14.9 Å². The van der Waals surface area contributed by atoms with Gasteiger partial charge in [-0.15, -0.1) is 0 Å². The number of fused-ring (bicyclic) bond motifs is 1. The molecule has 2 aromatic heterocycles. The molecular weight excluding hydrogens is 490 g/mol. The van der Waals surface area contributed by atoms with Crippen molar-refractivity contribution in [1.82, 2.24) is 9.88 Å². The summed E-state index contributed by atoms with van der Waals surface area (Å²) < 4.78 is 11.3. The molecule has 2 aliphatic rings. The minimum Gasteiger partial charge on any atom is -0.491 e. The van der Waals surface area contributed by atoms with Gasteiger partial charge in [0, 0.05) is 30.2 Å². The lowest BCUT2D eigenvalue weighted by Gasteiger charge is -2.44. The molecule has 1 aromatic carbocycles. The highest BCUT2D eigenvalue weighted by Gasteiger charge is 2.48. The number of carbonyl (C=O) groups is 2. The number of furan rings is 1. The zero-order valence-electron chi connectivity index (χ0n) is 23.0. The summed E-state index contributed by atoms with van der Waals surface area (Å²) in [4.78, 5) is 34.1. The summed E-state index contributed by atoms with van der Waals surface area (Å²) in [5, 5.41) is 0. The van der Waals surface area contributed by atoms with E-state index in [2.05, 4.69) is 4.98 Å². The number of hydrogen-bond donors (Lipinski definition) is 1. The highest BCUT2D eigenvalue weighted by Crippen LogP contribution is 2.35. The lowest BCUT2D eigenvalue weighted by atomic mass is 9.80. The van der Waals surface area contributed by atoms with E-state index < -0.39 is 5.66 Å². The Kier molecular flexibility index (Phi) is 8.17. The molecule has 0 saturated heterocycles. The topological polar surface area (TPSA) is 98.7 Å². The highest BCUT2D eigenvalue weighted by atomic mass is 16.5. The molecule has 7 heteroatoms. The Morgan fingerprint density at radius 3 is 2.51 bits per heavy atom. The second-order valence-corrected chi connectivity index (χ2v) is 11.3. The number of rotatable bonds is 8. The molecule has 1 aliphatic carbocycles. The molecule has 5 rings (SSSR count). The first-order valence-corrected chi connectivity index (χ1v) is 14.3. The molecule has 1 atom stereocenters. The van der Waals surface area contributed by atoms with Crippen molar-refractivity contribution in [2.75, 3.05) is 0 Å². The molecule has 1 unspecified atom stereocenters. The Labute approximate surface area is 230 Å². The van der Waals surface area contributed by atoms with Crippen molar-refractivity contribution in [2.45, 2.75) is 89.9 Å².